The molecule has 1 aromatic heterocycles. The lowest BCUT2D eigenvalue weighted by molar-refractivity contribution is 0.645. The van der Waals surface area contributed by atoms with Crippen LogP contribution >= 0.6 is 0 Å². The normalized spacial score (nSPS) is 12.8. The van der Waals surface area contributed by atoms with E-state index in [2.05, 4.69) is 237 Å². The van der Waals surface area contributed by atoms with Crippen molar-refractivity contribution in [3.63, 3.8) is 0 Å². The zero-order chi connectivity index (χ0) is 42.2. The summed E-state index contributed by atoms with van der Waals surface area (Å²) >= 11 is 0. The molecular weight excluding hydrogens is 765 g/mol. The largest absolute Gasteiger partial charge is 0.454 e. The lowest BCUT2D eigenvalue weighted by Gasteiger charge is -2.37. The summed E-state index contributed by atoms with van der Waals surface area (Å²) in [4.78, 5) is 4.78. The fourth-order valence-electron chi connectivity index (χ4n) is 10.4. The molecule has 0 amide bonds. The summed E-state index contributed by atoms with van der Waals surface area (Å²) in [6.45, 7) is 7.11. The molecule has 12 rings (SSSR count). The number of furan rings is 1. The van der Waals surface area contributed by atoms with E-state index in [1.54, 1.807) is 0 Å². The van der Waals surface area contributed by atoms with E-state index < -0.39 is 0 Å². The molecule has 1 aliphatic carbocycles. The highest BCUT2D eigenvalue weighted by Gasteiger charge is 2.36. The number of hydrogen-bond acceptors (Lipinski definition) is 3. The smallest absolute Gasteiger partial charge is 0.159 e. The van der Waals surface area contributed by atoms with Crippen LogP contribution in [0.15, 0.2) is 217 Å². The van der Waals surface area contributed by atoms with Crippen molar-refractivity contribution in [2.45, 2.75) is 26.2 Å². The van der Waals surface area contributed by atoms with Crippen molar-refractivity contribution in [2.24, 2.45) is 0 Å². The van der Waals surface area contributed by atoms with Gasteiger partial charge in [-0.3, -0.25) is 0 Å². The van der Waals surface area contributed by atoms with Gasteiger partial charge in [0, 0.05) is 44.5 Å². The molecule has 1 aliphatic rings. The van der Waals surface area contributed by atoms with Gasteiger partial charge in [0.05, 0.1) is 11.4 Å². The molecule has 0 unspecified atom stereocenters. The summed E-state index contributed by atoms with van der Waals surface area (Å²) in [6.07, 6.45) is 0. The minimum Gasteiger partial charge on any atom is -0.454 e. The summed E-state index contributed by atoms with van der Waals surface area (Å²) < 4.78 is 6.66. The van der Waals surface area contributed by atoms with Gasteiger partial charge in [-0.25, -0.2) is 0 Å². The van der Waals surface area contributed by atoms with Gasteiger partial charge >= 0.3 is 0 Å². The summed E-state index contributed by atoms with van der Waals surface area (Å²) in [7, 11) is 0. The molecule has 0 aliphatic heterocycles. The van der Waals surface area contributed by atoms with Gasteiger partial charge in [0.1, 0.15) is 5.58 Å². The van der Waals surface area contributed by atoms with E-state index in [1.165, 1.54) is 60.5 Å². The fraction of sp³-hybridized carbons (Fsp3) is 0.0667. The van der Waals surface area contributed by atoms with Gasteiger partial charge in [-0.05, 0) is 129 Å². The molecule has 0 saturated carbocycles. The van der Waals surface area contributed by atoms with Crippen LogP contribution in [0.1, 0.15) is 30.5 Å². The summed E-state index contributed by atoms with van der Waals surface area (Å²) in [6, 6.07) is 76.9. The predicted octanol–water partition coefficient (Wildman–Crippen LogP) is 17.1. The lowest BCUT2D eigenvalue weighted by atomic mass is 9.67. The van der Waals surface area contributed by atoms with Crippen LogP contribution in [0, 0.1) is 6.92 Å². The quantitative estimate of drug-likeness (QED) is 0.150. The first-order chi connectivity index (χ1) is 31.0. The Labute approximate surface area is 367 Å². The molecule has 0 saturated heterocycles. The van der Waals surface area contributed by atoms with Gasteiger partial charge in [0.25, 0.3) is 0 Å². The number of hydrogen-bond donors (Lipinski definition) is 0. The van der Waals surface area contributed by atoms with Crippen LogP contribution in [0.2, 0.25) is 0 Å². The third kappa shape index (κ3) is 5.73. The monoisotopic (exact) mass is 808 g/mol. The molecule has 0 fully saturated rings. The van der Waals surface area contributed by atoms with Crippen LogP contribution in [-0.4, -0.2) is 0 Å². The van der Waals surface area contributed by atoms with Gasteiger partial charge < -0.3 is 14.2 Å². The van der Waals surface area contributed by atoms with Gasteiger partial charge in [0.2, 0.25) is 0 Å². The highest BCUT2D eigenvalue weighted by atomic mass is 16.3. The Kier molecular flexibility index (Phi) is 8.42. The zero-order valence-corrected chi connectivity index (χ0v) is 35.5. The van der Waals surface area contributed by atoms with Crippen molar-refractivity contribution in [3.8, 4) is 22.3 Å². The highest BCUT2D eigenvalue weighted by molar-refractivity contribution is 6.19. The summed E-state index contributed by atoms with van der Waals surface area (Å²) in [5, 5.41) is 7.38. The van der Waals surface area contributed by atoms with E-state index in [0.717, 1.165) is 56.1 Å². The van der Waals surface area contributed by atoms with Gasteiger partial charge in [-0.1, -0.05) is 159 Å². The van der Waals surface area contributed by atoms with Crippen molar-refractivity contribution in [1.29, 1.82) is 0 Å². The molecule has 0 N–H and O–H groups in total. The Morgan fingerprint density at radius 1 is 0.397 bits per heavy atom. The molecule has 63 heavy (non-hydrogen) atoms. The maximum absolute atomic E-state index is 6.66. The van der Waals surface area contributed by atoms with E-state index in [1.807, 2.05) is 6.07 Å². The van der Waals surface area contributed by atoms with Crippen molar-refractivity contribution in [1.82, 2.24) is 0 Å². The molecule has 11 aromatic rings. The Bertz CT molecular complexity index is 3550. The Morgan fingerprint density at radius 3 is 1.76 bits per heavy atom. The second-order valence-corrected chi connectivity index (χ2v) is 17.3. The highest BCUT2D eigenvalue weighted by Crippen LogP contribution is 2.54. The minimum atomic E-state index is -0.298. The SMILES string of the molecule is Cc1c2c3c(cccc3c3cc(N(c4ccccc4)c4ccccc4-c4ccccc4)ccc13)C(C)(C)c1cc(N(c3ccccc3)c3cccc4c3oc3ccccc34)ccc1-2. The average Bonchev–Trinajstić information content (AvgIpc) is 3.72. The van der Waals surface area contributed by atoms with Crippen LogP contribution < -0.4 is 9.80 Å². The second kappa shape index (κ2) is 14.4. The molecule has 0 bridgehead atoms. The Balaban J connectivity index is 1.06. The van der Waals surface area contributed by atoms with Crippen molar-refractivity contribution in [3.05, 3.63) is 229 Å². The average molecular weight is 809 g/mol. The third-order valence-electron chi connectivity index (χ3n) is 13.4. The first-order valence-electron chi connectivity index (χ1n) is 21.9. The maximum Gasteiger partial charge on any atom is 0.159 e. The fourth-order valence-corrected chi connectivity index (χ4v) is 10.4. The Hall–Kier alpha value is -7.88. The molecule has 300 valence electrons. The standard InChI is InChI=1S/C60H44N2O/c1-39-45-35-33-43(61(41-21-9-5-10-22-41)54-30-15-13-25-46(54)40-19-7-4-8-20-40)37-51(45)48-27-17-29-52-58(48)57(39)50-36-34-44(38-53(50)60(52,2)3)62(42-23-11-6-12-24-42)55-31-18-28-49-47-26-14-16-32-56(47)63-59(49)55/h4-38H,1-3H3. The number of fused-ring (bicyclic) bond motifs is 7. The number of benzene rings is 10. The molecule has 0 radical (unpaired) electrons. The first-order valence-corrected chi connectivity index (χ1v) is 21.9. The van der Waals surface area contributed by atoms with E-state index in [4.69, 9.17) is 4.42 Å². The van der Waals surface area contributed by atoms with E-state index in [0.29, 0.717) is 0 Å². The lowest BCUT2D eigenvalue weighted by Crippen LogP contribution is -2.25. The van der Waals surface area contributed by atoms with Crippen molar-refractivity contribution < 1.29 is 4.42 Å². The van der Waals surface area contributed by atoms with Crippen LogP contribution in [0.4, 0.5) is 34.1 Å². The molecule has 10 aromatic carbocycles. The Morgan fingerprint density at radius 2 is 0.984 bits per heavy atom. The molecule has 0 spiro atoms. The number of nitrogens with zero attached hydrogens (tertiary/aromatic N) is 2. The molecule has 0 atom stereocenters. The zero-order valence-electron chi connectivity index (χ0n) is 35.5. The number of aryl methyl sites for hydroxylation is 1. The van der Waals surface area contributed by atoms with Crippen molar-refractivity contribution in [2.75, 3.05) is 9.80 Å². The number of rotatable bonds is 7. The van der Waals surface area contributed by atoms with E-state index in [9.17, 15) is 0 Å². The van der Waals surface area contributed by atoms with E-state index >= 15 is 0 Å². The first kappa shape index (κ1) is 36.9. The van der Waals surface area contributed by atoms with Gasteiger partial charge in [-0.2, -0.15) is 0 Å². The minimum absolute atomic E-state index is 0.298. The second-order valence-electron chi connectivity index (χ2n) is 17.3. The number of para-hydroxylation sites is 5. The van der Waals surface area contributed by atoms with Gasteiger partial charge in [0.15, 0.2) is 5.58 Å². The number of anilines is 6. The van der Waals surface area contributed by atoms with Crippen LogP contribution in [-0.2, 0) is 5.41 Å². The van der Waals surface area contributed by atoms with Crippen LogP contribution in [0.25, 0.3) is 65.7 Å². The molecular formula is C60H44N2O. The van der Waals surface area contributed by atoms with Gasteiger partial charge in [-0.15, -0.1) is 0 Å². The molecule has 3 heteroatoms. The molecule has 1 heterocycles. The van der Waals surface area contributed by atoms with Crippen LogP contribution in [0.5, 0.6) is 0 Å². The van der Waals surface area contributed by atoms with Crippen LogP contribution in [0.3, 0.4) is 0 Å². The van der Waals surface area contributed by atoms with E-state index in [-0.39, 0.29) is 5.41 Å². The predicted molar refractivity (Wildman–Crippen MR) is 266 cm³/mol. The topological polar surface area (TPSA) is 19.6 Å². The summed E-state index contributed by atoms with van der Waals surface area (Å²) in [5.74, 6) is 0. The maximum atomic E-state index is 6.66. The molecule has 3 nitrogen and oxygen atoms in total. The summed E-state index contributed by atoms with van der Waals surface area (Å²) in [5.41, 5.74) is 17.0. The van der Waals surface area contributed by atoms with Crippen molar-refractivity contribution >= 4 is 77.6 Å². The third-order valence-corrected chi connectivity index (χ3v) is 13.4.